The first-order valence-corrected chi connectivity index (χ1v) is 3.98. The summed E-state index contributed by atoms with van der Waals surface area (Å²) in [6.45, 7) is 7.31. The van der Waals surface area contributed by atoms with Crippen LogP contribution >= 0.6 is 0 Å². The van der Waals surface area contributed by atoms with Crippen molar-refractivity contribution in [2.75, 3.05) is 7.11 Å². The Morgan fingerprint density at radius 2 is 2.23 bits per heavy atom. The van der Waals surface area contributed by atoms with E-state index in [1.165, 1.54) is 7.11 Å². The number of halogens is 1. The van der Waals surface area contributed by atoms with Gasteiger partial charge in [0, 0.05) is 5.92 Å². The van der Waals surface area contributed by atoms with Gasteiger partial charge in [0.05, 0.1) is 7.11 Å². The summed E-state index contributed by atoms with van der Waals surface area (Å²) in [4.78, 5) is 0. The lowest BCUT2D eigenvalue weighted by molar-refractivity contribution is 0.384. The van der Waals surface area contributed by atoms with E-state index in [4.69, 9.17) is 4.74 Å². The third-order valence-corrected chi connectivity index (χ3v) is 1.90. The van der Waals surface area contributed by atoms with Gasteiger partial charge in [0.1, 0.15) is 0 Å². The predicted molar refractivity (Wildman–Crippen MR) is 51.2 cm³/mol. The number of hydrogen-bond acceptors (Lipinski definition) is 1. The van der Waals surface area contributed by atoms with E-state index in [0.29, 0.717) is 5.56 Å². The molecule has 0 N–H and O–H groups in total. The Morgan fingerprint density at radius 3 is 2.77 bits per heavy atom. The first-order valence-electron chi connectivity index (χ1n) is 3.98. The minimum atomic E-state index is -0.357. The first-order chi connectivity index (χ1) is 6.20. The molecule has 0 saturated carbocycles. The summed E-state index contributed by atoms with van der Waals surface area (Å²) in [7, 11) is 1.44. The zero-order valence-electron chi connectivity index (χ0n) is 7.59. The van der Waals surface area contributed by atoms with Crippen molar-refractivity contribution in [3.63, 3.8) is 0 Å². The van der Waals surface area contributed by atoms with E-state index in [-0.39, 0.29) is 17.5 Å². The lowest BCUT2D eigenvalue weighted by Crippen LogP contribution is -1.97. The second kappa shape index (κ2) is 4.08. The van der Waals surface area contributed by atoms with Crippen LogP contribution in [0.25, 0.3) is 0 Å². The Hall–Kier alpha value is -1.31. The molecule has 1 aromatic rings. The zero-order chi connectivity index (χ0) is 9.84. The lowest BCUT2D eigenvalue weighted by Gasteiger charge is -2.10. The van der Waals surface area contributed by atoms with E-state index in [2.05, 4.69) is 13.5 Å². The van der Waals surface area contributed by atoms with E-state index >= 15 is 0 Å². The summed E-state index contributed by atoms with van der Waals surface area (Å²) in [5.74, 6) is -0.354. The monoisotopic (exact) mass is 179 g/mol. The molecule has 13 heavy (non-hydrogen) atoms. The summed E-state index contributed by atoms with van der Waals surface area (Å²) in [5, 5.41) is 0. The van der Waals surface area contributed by atoms with Crippen molar-refractivity contribution in [3.8, 4) is 5.75 Å². The van der Waals surface area contributed by atoms with E-state index < -0.39 is 0 Å². The van der Waals surface area contributed by atoms with Crippen LogP contribution in [0.5, 0.6) is 5.75 Å². The number of benzene rings is 1. The van der Waals surface area contributed by atoms with E-state index in [1.54, 1.807) is 24.3 Å². The van der Waals surface area contributed by atoms with E-state index in [1.807, 2.05) is 0 Å². The van der Waals surface area contributed by atoms with E-state index in [9.17, 15) is 4.39 Å². The SMILES string of the molecule is [CH2]C(C=C)c1cccc(OC)c1F. The molecule has 0 aliphatic rings. The number of ether oxygens (including phenoxy) is 1. The van der Waals surface area contributed by atoms with Crippen LogP contribution < -0.4 is 4.74 Å². The second-order valence-corrected chi connectivity index (χ2v) is 2.71. The number of rotatable bonds is 3. The van der Waals surface area contributed by atoms with Crippen molar-refractivity contribution < 1.29 is 9.13 Å². The Labute approximate surface area is 77.8 Å². The standard InChI is InChI=1S/C11H12FO/c1-4-8(2)9-6-5-7-10(13-3)11(9)12/h4-8H,1-2H2,3H3. The number of methoxy groups -OCH3 is 1. The molecule has 0 saturated heterocycles. The van der Waals surface area contributed by atoms with Gasteiger partial charge in [-0.15, -0.1) is 6.58 Å². The third-order valence-electron chi connectivity index (χ3n) is 1.90. The largest absolute Gasteiger partial charge is 0.494 e. The van der Waals surface area contributed by atoms with Crippen molar-refractivity contribution in [1.29, 1.82) is 0 Å². The summed E-state index contributed by atoms with van der Waals surface area (Å²) >= 11 is 0. The summed E-state index contributed by atoms with van der Waals surface area (Å²) in [6, 6.07) is 4.99. The fourth-order valence-corrected chi connectivity index (χ4v) is 1.10. The Morgan fingerprint density at radius 1 is 1.54 bits per heavy atom. The molecule has 0 aliphatic carbocycles. The molecule has 69 valence electrons. The average molecular weight is 179 g/mol. The van der Waals surface area contributed by atoms with Crippen molar-refractivity contribution >= 4 is 0 Å². The van der Waals surface area contributed by atoms with Crippen LogP contribution in [0.2, 0.25) is 0 Å². The molecule has 0 aromatic heterocycles. The minimum absolute atomic E-state index is 0.241. The molecular weight excluding hydrogens is 167 g/mol. The van der Waals surface area contributed by atoms with Crippen molar-refractivity contribution in [1.82, 2.24) is 0 Å². The quantitative estimate of drug-likeness (QED) is 0.648. The van der Waals surface area contributed by atoms with Crippen LogP contribution in [0.1, 0.15) is 11.5 Å². The third kappa shape index (κ3) is 1.89. The Balaban J connectivity index is 3.14. The van der Waals surface area contributed by atoms with Gasteiger partial charge in [-0.25, -0.2) is 4.39 Å². The highest BCUT2D eigenvalue weighted by atomic mass is 19.1. The molecule has 1 atom stereocenters. The van der Waals surface area contributed by atoms with Gasteiger partial charge >= 0.3 is 0 Å². The van der Waals surface area contributed by atoms with Crippen LogP contribution in [0.15, 0.2) is 30.9 Å². The van der Waals surface area contributed by atoms with Crippen LogP contribution in [0.3, 0.4) is 0 Å². The van der Waals surface area contributed by atoms with Crippen LogP contribution in [0, 0.1) is 12.7 Å². The molecule has 1 unspecified atom stereocenters. The summed E-state index contributed by atoms with van der Waals surface area (Å²) in [6.07, 6.45) is 1.60. The summed E-state index contributed by atoms with van der Waals surface area (Å²) < 4.78 is 18.3. The molecule has 1 radical (unpaired) electrons. The van der Waals surface area contributed by atoms with Crippen LogP contribution in [-0.2, 0) is 0 Å². The van der Waals surface area contributed by atoms with Crippen molar-refractivity contribution in [3.05, 3.63) is 49.2 Å². The normalized spacial score (nSPS) is 12.2. The Bertz CT molecular complexity index is 307. The van der Waals surface area contributed by atoms with Crippen molar-refractivity contribution in [2.24, 2.45) is 0 Å². The smallest absolute Gasteiger partial charge is 0.168 e. The van der Waals surface area contributed by atoms with Gasteiger partial charge in [0.15, 0.2) is 11.6 Å². The maximum atomic E-state index is 13.5. The fourth-order valence-electron chi connectivity index (χ4n) is 1.10. The topological polar surface area (TPSA) is 9.23 Å². The van der Waals surface area contributed by atoms with Gasteiger partial charge < -0.3 is 4.74 Å². The van der Waals surface area contributed by atoms with Gasteiger partial charge in [0.2, 0.25) is 0 Å². The second-order valence-electron chi connectivity index (χ2n) is 2.71. The number of allylic oxidation sites excluding steroid dienone is 1. The van der Waals surface area contributed by atoms with Gasteiger partial charge in [0.25, 0.3) is 0 Å². The first kappa shape index (κ1) is 9.78. The highest BCUT2D eigenvalue weighted by Crippen LogP contribution is 2.26. The maximum Gasteiger partial charge on any atom is 0.168 e. The van der Waals surface area contributed by atoms with Gasteiger partial charge in [-0.2, -0.15) is 0 Å². The Kier molecular flexibility index (Phi) is 3.07. The summed E-state index contributed by atoms with van der Waals surface area (Å²) in [5.41, 5.74) is 0.509. The van der Waals surface area contributed by atoms with E-state index in [0.717, 1.165) is 0 Å². The van der Waals surface area contributed by atoms with Gasteiger partial charge in [-0.1, -0.05) is 18.2 Å². The molecule has 0 spiro atoms. The van der Waals surface area contributed by atoms with Gasteiger partial charge in [-0.05, 0) is 18.6 Å². The molecule has 0 fully saturated rings. The number of hydrogen-bond donors (Lipinski definition) is 0. The molecule has 0 bridgehead atoms. The zero-order valence-corrected chi connectivity index (χ0v) is 7.59. The molecule has 0 aliphatic heterocycles. The molecule has 2 heteroatoms. The van der Waals surface area contributed by atoms with Crippen molar-refractivity contribution in [2.45, 2.75) is 5.92 Å². The molecular formula is C11H12FO. The van der Waals surface area contributed by atoms with Crippen LogP contribution in [-0.4, -0.2) is 7.11 Å². The average Bonchev–Trinajstić information content (AvgIpc) is 2.17. The molecule has 1 aromatic carbocycles. The maximum absolute atomic E-state index is 13.5. The highest BCUT2D eigenvalue weighted by Gasteiger charge is 2.11. The predicted octanol–water partition coefficient (Wildman–Crippen LogP) is 2.94. The highest BCUT2D eigenvalue weighted by molar-refractivity contribution is 5.35. The van der Waals surface area contributed by atoms with Crippen LogP contribution in [0.4, 0.5) is 4.39 Å². The molecule has 1 nitrogen and oxygen atoms in total. The fraction of sp³-hybridized carbons (Fsp3) is 0.182. The minimum Gasteiger partial charge on any atom is -0.494 e. The molecule has 0 amide bonds. The lowest BCUT2D eigenvalue weighted by atomic mass is 10.0. The molecule has 0 heterocycles. The van der Waals surface area contributed by atoms with Gasteiger partial charge in [-0.3, -0.25) is 0 Å². The molecule has 1 rings (SSSR count).